The fourth-order valence-electron chi connectivity index (χ4n) is 3.21. The van der Waals surface area contributed by atoms with Gasteiger partial charge in [-0.15, -0.1) is 0 Å². The molecule has 1 amide bonds. The van der Waals surface area contributed by atoms with Crippen LogP contribution in [0.1, 0.15) is 45.4 Å². The van der Waals surface area contributed by atoms with Crippen molar-refractivity contribution >= 4 is 17.7 Å². The van der Waals surface area contributed by atoms with Gasteiger partial charge in [-0.25, -0.2) is 0 Å². The Balaban J connectivity index is 1.62. The molecule has 0 aromatic rings. The number of nitrogens with one attached hydrogen (secondary N) is 2. The maximum Gasteiger partial charge on any atom is 0.220 e. The highest BCUT2D eigenvalue weighted by Crippen LogP contribution is 2.32. The molecule has 0 aromatic carbocycles. The summed E-state index contributed by atoms with van der Waals surface area (Å²) in [5, 5.41) is 7.34. The molecule has 4 heteroatoms. The largest absolute Gasteiger partial charge is 0.356 e. The van der Waals surface area contributed by atoms with Gasteiger partial charge in [0.1, 0.15) is 0 Å². The molecule has 3 unspecified atom stereocenters. The number of hydrogen-bond acceptors (Lipinski definition) is 3. The highest BCUT2D eigenvalue weighted by molar-refractivity contribution is 7.99. The summed E-state index contributed by atoms with van der Waals surface area (Å²) in [5.41, 5.74) is 0. The van der Waals surface area contributed by atoms with Gasteiger partial charge in [0, 0.05) is 30.3 Å². The molecule has 2 aliphatic heterocycles. The van der Waals surface area contributed by atoms with Crippen LogP contribution in [-0.2, 0) is 4.79 Å². The van der Waals surface area contributed by atoms with Crippen molar-refractivity contribution in [3.63, 3.8) is 0 Å². The molecule has 2 N–H and O–H groups in total. The summed E-state index contributed by atoms with van der Waals surface area (Å²) in [7, 11) is 0. The van der Waals surface area contributed by atoms with Gasteiger partial charge in [-0.05, 0) is 44.3 Å². The molecule has 18 heavy (non-hydrogen) atoms. The first-order valence-electron chi connectivity index (χ1n) is 7.23. The molecule has 3 atom stereocenters. The third kappa shape index (κ3) is 4.16. The lowest BCUT2D eigenvalue weighted by molar-refractivity contribution is -0.122. The zero-order valence-electron chi connectivity index (χ0n) is 11.6. The average Bonchev–Trinajstić information content (AvgIpc) is 2.68. The highest BCUT2D eigenvalue weighted by Gasteiger charge is 2.33. The standard InChI is InChI=1S/C14H26N2OS/c1-10(18-2)5-6-15-14(17)9-11-7-12-3-4-13(8-11)16-12/h10-13,16H,3-9H2,1-2H3,(H,15,17). The number of hydrogen-bond donors (Lipinski definition) is 2. The van der Waals surface area contributed by atoms with Crippen molar-refractivity contribution in [1.82, 2.24) is 10.6 Å². The summed E-state index contributed by atoms with van der Waals surface area (Å²) in [6.45, 7) is 3.04. The Labute approximate surface area is 115 Å². The SMILES string of the molecule is CSC(C)CCNC(=O)CC1CC2CCC(C1)N2. The van der Waals surface area contributed by atoms with E-state index < -0.39 is 0 Å². The number of carbonyl (C=O) groups excluding carboxylic acids is 1. The molecule has 2 heterocycles. The Morgan fingerprint density at radius 2 is 2.06 bits per heavy atom. The van der Waals surface area contributed by atoms with E-state index in [0.717, 1.165) is 19.4 Å². The number of rotatable bonds is 6. The Hall–Kier alpha value is -0.220. The number of piperidine rings is 1. The second-order valence-corrected chi connectivity index (χ2v) is 7.14. The molecule has 2 rings (SSSR count). The number of thioether (sulfide) groups is 1. The number of amides is 1. The average molecular weight is 270 g/mol. The summed E-state index contributed by atoms with van der Waals surface area (Å²) in [5.74, 6) is 0.872. The highest BCUT2D eigenvalue weighted by atomic mass is 32.2. The van der Waals surface area contributed by atoms with Crippen molar-refractivity contribution in [2.24, 2.45) is 5.92 Å². The monoisotopic (exact) mass is 270 g/mol. The lowest BCUT2D eigenvalue weighted by Crippen LogP contribution is -2.39. The van der Waals surface area contributed by atoms with Crippen LogP contribution >= 0.6 is 11.8 Å². The Morgan fingerprint density at radius 3 is 2.67 bits per heavy atom. The molecule has 0 aliphatic carbocycles. The Bertz CT molecular complexity index is 273. The van der Waals surface area contributed by atoms with Crippen LogP contribution in [-0.4, -0.2) is 36.0 Å². The van der Waals surface area contributed by atoms with Crippen molar-refractivity contribution in [3.05, 3.63) is 0 Å². The van der Waals surface area contributed by atoms with Gasteiger partial charge in [0.25, 0.3) is 0 Å². The molecule has 0 spiro atoms. The summed E-state index contributed by atoms with van der Waals surface area (Å²) in [4.78, 5) is 11.9. The third-order valence-corrected chi connectivity index (χ3v) is 5.36. The van der Waals surface area contributed by atoms with Gasteiger partial charge >= 0.3 is 0 Å². The van der Waals surface area contributed by atoms with Crippen LogP contribution in [0.4, 0.5) is 0 Å². The maximum atomic E-state index is 11.9. The van der Waals surface area contributed by atoms with Gasteiger partial charge in [-0.2, -0.15) is 11.8 Å². The summed E-state index contributed by atoms with van der Waals surface area (Å²) in [6, 6.07) is 1.39. The van der Waals surface area contributed by atoms with Crippen LogP contribution in [0.25, 0.3) is 0 Å². The molecule has 104 valence electrons. The van der Waals surface area contributed by atoms with E-state index in [1.165, 1.54) is 25.7 Å². The molecule has 2 bridgehead atoms. The topological polar surface area (TPSA) is 41.1 Å². The maximum absolute atomic E-state index is 11.9. The van der Waals surface area contributed by atoms with Gasteiger partial charge in [0.05, 0.1) is 0 Å². The van der Waals surface area contributed by atoms with E-state index in [9.17, 15) is 4.79 Å². The normalized spacial score (nSPS) is 32.2. The van der Waals surface area contributed by atoms with E-state index in [4.69, 9.17) is 0 Å². The minimum absolute atomic E-state index is 0.259. The fourth-order valence-corrected chi connectivity index (χ4v) is 3.56. The molecule has 2 aliphatic rings. The molecular formula is C14H26N2OS. The quantitative estimate of drug-likeness (QED) is 0.777. The van der Waals surface area contributed by atoms with Crippen LogP contribution in [0, 0.1) is 5.92 Å². The number of carbonyl (C=O) groups is 1. The van der Waals surface area contributed by atoms with Crippen molar-refractivity contribution in [2.45, 2.75) is 62.8 Å². The van der Waals surface area contributed by atoms with Crippen molar-refractivity contribution < 1.29 is 4.79 Å². The molecular weight excluding hydrogens is 244 g/mol. The lowest BCUT2D eigenvalue weighted by Gasteiger charge is -2.28. The zero-order chi connectivity index (χ0) is 13.0. The number of fused-ring (bicyclic) bond motifs is 2. The summed E-state index contributed by atoms with van der Waals surface area (Å²) >= 11 is 1.86. The van der Waals surface area contributed by atoms with Gasteiger partial charge in [0.2, 0.25) is 5.91 Å². The first-order valence-corrected chi connectivity index (χ1v) is 8.51. The van der Waals surface area contributed by atoms with E-state index in [-0.39, 0.29) is 5.91 Å². The predicted molar refractivity (Wildman–Crippen MR) is 77.9 cm³/mol. The Kier molecular flexibility index (Phi) is 5.37. The summed E-state index contributed by atoms with van der Waals surface area (Å²) in [6.07, 6.45) is 8.96. The molecule has 3 nitrogen and oxygen atoms in total. The van der Waals surface area contributed by atoms with Crippen LogP contribution in [0.15, 0.2) is 0 Å². The van der Waals surface area contributed by atoms with Gasteiger partial charge in [0.15, 0.2) is 0 Å². The molecule has 0 saturated carbocycles. The van der Waals surface area contributed by atoms with E-state index in [2.05, 4.69) is 23.8 Å². The summed E-state index contributed by atoms with van der Waals surface area (Å²) < 4.78 is 0. The molecule has 2 saturated heterocycles. The van der Waals surface area contributed by atoms with Gasteiger partial charge < -0.3 is 10.6 Å². The van der Waals surface area contributed by atoms with Crippen LogP contribution < -0.4 is 10.6 Å². The third-order valence-electron chi connectivity index (χ3n) is 4.32. The van der Waals surface area contributed by atoms with Crippen LogP contribution in [0.5, 0.6) is 0 Å². The van der Waals surface area contributed by atoms with E-state index in [1.807, 2.05) is 11.8 Å². The minimum atomic E-state index is 0.259. The van der Waals surface area contributed by atoms with Gasteiger partial charge in [-0.3, -0.25) is 4.79 Å². The van der Waals surface area contributed by atoms with Crippen molar-refractivity contribution in [2.75, 3.05) is 12.8 Å². The smallest absolute Gasteiger partial charge is 0.220 e. The first kappa shape index (κ1) is 14.2. The van der Waals surface area contributed by atoms with Crippen LogP contribution in [0.2, 0.25) is 0 Å². The molecule has 2 fully saturated rings. The minimum Gasteiger partial charge on any atom is -0.356 e. The Morgan fingerprint density at radius 1 is 1.39 bits per heavy atom. The second kappa shape index (κ2) is 6.80. The predicted octanol–water partition coefficient (Wildman–Crippen LogP) is 2.16. The molecule has 0 radical (unpaired) electrons. The van der Waals surface area contributed by atoms with Crippen molar-refractivity contribution in [1.29, 1.82) is 0 Å². The molecule has 0 aromatic heterocycles. The van der Waals surface area contributed by atoms with Crippen molar-refractivity contribution in [3.8, 4) is 0 Å². The van der Waals surface area contributed by atoms with Crippen LogP contribution in [0.3, 0.4) is 0 Å². The van der Waals surface area contributed by atoms with Gasteiger partial charge in [-0.1, -0.05) is 6.92 Å². The first-order chi connectivity index (χ1) is 8.67. The van der Waals surface area contributed by atoms with E-state index in [0.29, 0.717) is 23.3 Å². The fraction of sp³-hybridized carbons (Fsp3) is 0.929. The van der Waals surface area contributed by atoms with E-state index >= 15 is 0 Å². The lowest BCUT2D eigenvalue weighted by atomic mass is 9.89. The van der Waals surface area contributed by atoms with E-state index in [1.54, 1.807) is 0 Å². The second-order valence-electron chi connectivity index (χ2n) is 5.86. The zero-order valence-corrected chi connectivity index (χ0v) is 12.4.